The molecule has 0 aliphatic carbocycles. The van der Waals surface area contributed by atoms with Crippen LogP contribution in [0, 0.1) is 6.92 Å². The molecule has 0 fully saturated rings. The molecular weight excluding hydrogens is 250 g/mol. The molecule has 1 aromatic carbocycles. The number of pyridine rings is 1. The fourth-order valence-electron chi connectivity index (χ4n) is 1.78. The predicted octanol–water partition coefficient (Wildman–Crippen LogP) is 3.62. The third kappa shape index (κ3) is 2.80. The molecule has 2 rings (SSSR count). The van der Waals surface area contributed by atoms with Crippen LogP contribution in [-0.2, 0) is 0 Å². The highest BCUT2D eigenvalue weighted by atomic mass is 16.1. The fourth-order valence-corrected chi connectivity index (χ4v) is 1.78. The highest BCUT2D eigenvalue weighted by Gasteiger charge is 2.11. The van der Waals surface area contributed by atoms with Crippen molar-refractivity contribution in [3.63, 3.8) is 0 Å². The summed E-state index contributed by atoms with van der Waals surface area (Å²) in [6.45, 7) is 9.17. The number of carbonyl (C=O) groups is 1. The van der Waals surface area contributed by atoms with E-state index in [1.807, 2.05) is 19.1 Å². The van der Waals surface area contributed by atoms with E-state index in [0.29, 0.717) is 17.1 Å². The number of anilines is 1. The molecule has 0 unspecified atom stereocenters. The smallest absolute Gasteiger partial charge is 0.256 e. The van der Waals surface area contributed by atoms with E-state index in [1.165, 1.54) is 0 Å². The van der Waals surface area contributed by atoms with Gasteiger partial charge in [0.05, 0.1) is 0 Å². The summed E-state index contributed by atoms with van der Waals surface area (Å²) in [4.78, 5) is 20.2. The Balaban J connectivity index is 2.30. The number of aromatic nitrogens is 1. The molecule has 1 N–H and O–H groups in total. The summed E-state index contributed by atoms with van der Waals surface area (Å²) >= 11 is 0. The third-order valence-electron chi connectivity index (χ3n) is 2.88. The molecule has 0 aliphatic heterocycles. The molecule has 100 valence electrons. The highest BCUT2D eigenvalue weighted by Crippen LogP contribution is 2.27. The van der Waals surface area contributed by atoms with E-state index in [0.717, 1.165) is 11.1 Å². The minimum atomic E-state index is -0.233. The second-order valence-electron chi connectivity index (χ2n) is 4.28. The zero-order valence-electron chi connectivity index (χ0n) is 11.3. The van der Waals surface area contributed by atoms with E-state index in [-0.39, 0.29) is 5.91 Å². The first-order chi connectivity index (χ1) is 9.65. The number of nitrogens with one attached hydrogen (secondary N) is 1. The molecule has 4 heteroatoms. The Labute approximate surface area is 117 Å². The van der Waals surface area contributed by atoms with E-state index >= 15 is 0 Å². The van der Waals surface area contributed by atoms with E-state index in [4.69, 9.17) is 0 Å². The number of hydrogen-bond acceptors (Lipinski definition) is 3. The van der Waals surface area contributed by atoms with Crippen molar-refractivity contribution in [2.75, 3.05) is 5.32 Å². The number of benzene rings is 1. The number of aliphatic imine (C=N–C) groups is 1. The molecule has 20 heavy (non-hydrogen) atoms. The van der Waals surface area contributed by atoms with Gasteiger partial charge in [0.1, 0.15) is 5.69 Å². The van der Waals surface area contributed by atoms with Crippen LogP contribution in [0.1, 0.15) is 21.5 Å². The lowest BCUT2D eigenvalue weighted by Crippen LogP contribution is -2.13. The van der Waals surface area contributed by atoms with E-state index in [1.54, 1.807) is 30.5 Å². The van der Waals surface area contributed by atoms with E-state index in [9.17, 15) is 4.79 Å². The van der Waals surface area contributed by atoms with Gasteiger partial charge in [-0.2, -0.15) is 0 Å². The molecule has 0 saturated heterocycles. The second kappa shape index (κ2) is 5.93. The zero-order chi connectivity index (χ0) is 14.5. The first kappa shape index (κ1) is 13.7. The van der Waals surface area contributed by atoms with Gasteiger partial charge in [-0.25, -0.2) is 4.98 Å². The van der Waals surface area contributed by atoms with Crippen molar-refractivity contribution in [3.8, 4) is 0 Å². The maximum absolute atomic E-state index is 12.2. The van der Waals surface area contributed by atoms with Gasteiger partial charge in [0, 0.05) is 17.3 Å². The third-order valence-corrected chi connectivity index (χ3v) is 2.88. The van der Waals surface area contributed by atoms with Gasteiger partial charge < -0.3 is 5.32 Å². The summed E-state index contributed by atoms with van der Waals surface area (Å²) in [7, 11) is 0. The molecule has 0 bridgehead atoms. The summed E-state index contributed by atoms with van der Waals surface area (Å²) in [6, 6.07) is 9.06. The molecule has 1 aromatic heterocycles. The van der Waals surface area contributed by atoms with Crippen molar-refractivity contribution in [3.05, 3.63) is 59.8 Å². The number of nitrogens with zero attached hydrogens (tertiary/aromatic N) is 2. The largest absolute Gasteiger partial charge is 0.305 e. The Morgan fingerprint density at radius 2 is 2.00 bits per heavy atom. The summed E-state index contributed by atoms with van der Waals surface area (Å²) in [5.74, 6) is 0.145. The van der Waals surface area contributed by atoms with Crippen LogP contribution in [0.4, 0.5) is 11.5 Å². The standard InChI is InChI=1S/C16H15N3O/c1-4-12-9-10-18-15(14(12)17-3)19-16(20)13-7-5-11(2)6-8-13/h4-10H,1,3H2,2H3,(H,18,19,20). The summed E-state index contributed by atoms with van der Waals surface area (Å²) < 4.78 is 0. The van der Waals surface area contributed by atoms with Crippen LogP contribution in [0.3, 0.4) is 0 Å². The minimum Gasteiger partial charge on any atom is -0.305 e. The highest BCUT2D eigenvalue weighted by molar-refractivity contribution is 6.05. The second-order valence-corrected chi connectivity index (χ2v) is 4.28. The Morgan fingerprint density at radius 1 is 1.30 bits per heavy atom. The number of amides is 1. The number of rotatable bonds is 4. The molecule has 0 aliphatic rings. The maximum Gasteiger partial charge on any atom is 0.256 e. The van der Waals surface area contributed by atoms with Crippen molar-refractivity contribution in [2.24, 2.45) is 4.99 Å². The summed E-state index contributed by atoms with van der Waals surface area (Å²) in [5.41, 5.74) is 2.95. The summed E-state index contributed by atoms with van der Waals surface area (Å²) in [6.07, 6.45) is 3.24. The Kier molecular flexibility index (Phi) is 4.05. The van der Waals surface area contributed by atoms with Crippen LogP contribution < -0.4 is 5.32 Å². The quantitative estimate of drug-likeness (QED) is 0.858. The van der Waals surface area contributed by atoms with Gasteiger partial charge >= 0.3 is 0 Å². The lowest BCUT2D eigenvalue weighted by Gasteiger charge is -2.09. The SMILES string of the molecule is C=Cc1ccnc(NC(=O)c2ccc(C)cc2)c1N=C. The summed E-state index contributed by atoms with van der Waals surface area (Å²) in [5, 5.41) is 2.74. The van der Waals surface area contributed by atoms with E-state index < -0.39 is 0 Å². The molecule has 0 saturated carbocycles. The molecule has 1 heterocycles. The zero-order valence-corrected chi connectivity index (χ0v) is 11.3. The molecule has 0 spiro atoms. The molecule has 2 aromatic rings. The van der Waals surface area contributed by atoms with Gasteiger partial charge in [-0.3, -0.25) is 9.79 Å². The molecule has 4 nitrogen and oxygen atoms in total. The van der Waals surface area contributed by atoms with Gasteiger partial charge in [0.2, 0.25) is 0 Å². The minimum absolute atomic E-state index is 0.233. The van der Waals surface area contributed by atoms with Gasteiger partial charge in [-0.05, 0) is 31.8 Å². The van der Waals surface area contributed by atoms with Gasteiger partial charge in [0.25, 0.3) is 5.91 Å². The van der Waals surface area contributed by atoms with Crippen LogP contribution in [0.15, 0.2) is 48.1 Å². The lowest BCUT2D eigenvalue weighted by atomic mass is 10.1. The molecule has 1 amide bonds. The topological polar surface area (TPSA) is 54.4 Å². The van der Waals surface area contributed by atoms with Crippen LogP contribution >= 0.6 is 0 Å². The Hall–Kier alpha value is -2.75. The van der Waals surface area contributed by atoms with Crippen molar-refractivity contribution in [1.82, 2.24) is 4.98 Å². The average molecular weight is 265 g/mol. The monoisotopic (exact) mass is 265 g/mol. The Morgan fingerprint density at radius 3 is 2.60 bits per heavy atom. The van der Waals surface area contributed by atoms with Crippen LogP contribution in [0.5, 0.6) is 0 Å². The van der Waals surface area contributed by atoms with Gasteiger partial charge in [0.15, 0.2) is 5.82 Å². The predicted molar refractivity (Wildman–Crippen MR) is 82.7 cm³/mol. The number of aryl methyl sites for hydroxylation is 1. The van der Waals surface area contributed by atoms with E-state index in [2.05, 4.69) is 28.6 Å². The van der Waals surface area contributed by atoms with Crippen molar-refractivity contribution in [2.45, 2.75) is 6.92 Å². The number of carbonyl (C=O) groups excluding carboxylic acids is 1. The molecule has 0 atom stereocenters. The van der Waals surface area contributed by atoms with Gasteiger partial charge in [-0.15, -0.1) is 0 Å². The van der Waals surface area contributed by atoms with Crippen molar-refractivity contribution >= 4 is 30.2 Å². The van der Waals surface area contributed by atoms with Crippen molar-refractivity contribution in [1.29, 1.82) is 0 Å². The van der Waals surface area contributed by atoms with Crippen LogP contribution in [0.25, 0.3) is 6.08 Å². The lowest BCUT2D eigenvalue weighted by molar-refractivity contribution is 0.102. The first-order valence-electron chi connectivity index (χ1n) is 6.12. The maximum atomic E-state index is 12.2. The van der Waals surface area contributed by atoms with Crippen LogP contribution in [0.2, 0.25) is 0 Å². The van der Waals surface area contributed by atoms with Crippen LogP contribution in [-0.4, -0.2) is 17.6 Å². The fraction of sp³-hybridized carbons (Fsp3) is 0.0625. The molecular formula is C16H15N3O. The molecule has 0 radical (unpaired) electrons. The van der Waals surface area contributed by atoms with Crippen molar-refractivity contribution < 1.29 is 4.79 Å². The number of hydrogen-bond donors (Lipinski definition) is 1. The van der Waals surface area contributed by atoms with Gasteiger partial charge in [-0.1, -0.05) is 30.4 Å². The Bertz CT molecular complexity index is 660. The average Bonchev–Trinajstić information content (AvgIpc) is 2.47. The normalized spacial score (nSPS) is 9.85. The first-order valence-corrected chi connectivity index (χ1v) is 6.12.